The van der Waals surface area contributed by atoms with Crippen LogP contribution in [0.15, 0.2) is 54.7 Å². The molecule has 0 bridgehead atoms. The molecule has 216 valence electrons. The van der Waals surface area contributed by atoms with Crippen molar-refractivity contribution in [3.8, 4) is 11.1 Å². The van der Waals surface area contributed by atoms with Gasteiger partial charge >= 0.3 is 6.09 Å². The van der Waals surface area contributed by atoms with Crippen LogP contribution in [0.25, 0.3) is 22.0 Å². The molecule has 1 saturated heterocycles. The van der Waals surface area contributed by atoms with Crippen molar-refractivity contribution >= 4 is 34.7 Å². The number of hydrogen-bond acceptors (Lipinski definition) is 7. The lowest BCUT2D eigenvalue weighted by molar-refractivity contribution is -0.117. The number of nitrogens with one attached hydrogen (secondary N) is 2. The summed E-state index contributed by atoms with van der Waals surface area (Å²) in [7, 11) is 0. The van der Waals surface area contributed by atoms with Gasteiger partial charge in [-0.1, -0.05) is 24.3 Å². The Morgan fingerprint density at radius 3 is 2.37 bits per heavy atom. The van der Waals surface area contributed by atoms with E-state index in [4.69, 9.17) is 10.5 Å². The summed E-state index contributed by atoms with van der Waals surface area (Å²) >= 11 is 0. The lowest BCUT2D eigenvalue weighted by Gasteiger charge is -2.35. The van der Waals surface area contributed by atoms with E-state index in [1.807, 2.05) is 51.1 Å². The Balaban J connectivity index is 1.33. The number of hydrogen-bond donors (Lipinski definition) is 3. The number of aromatic nitrogens is 1. The van der Waals surface area contributed by atoms with Crippen molar-refractivity contribution in [1.29, 1.82) is 0 Å². The molecule has 11 nitrogen and oxygen atoms in total. The topological polar surface area (TPSA) is 147 Å². The van der Waals surface area contributed by atoms with E-state index < -0.39 is 17.4 Å². The first-order valence-corrected chi connectivity index (χ1v) is 13.5. The van der Waals surface area contributed by atoms with Crippen molar-refractivity contribution < 1.29 is 23.9 Å². The summed E-state index contributed by atoms with van der Waals surface area (Å²) in [5, 5.41) is 6.12. The molecule has 0 unspecified atom stereocenters. The van der Waals surface area contributed by atoms with Crippen molar-refractivity contribution in [2.75, 3.05) is 45.8 Å². The van der Waals surface area contributed by atoms with E-state index in [9.17, 15) is 19.2 Å². The smallest absolute Gasteiger partial charge is 0.410 e. The number of carbonyl (C=O) groups is 4. The van der Waals surface area contributed by atoms with Gasteiger partial charge in [0.25, 0.3) is 11.8 Å². The van der Waals surface area contributed by atoms with Gasteiger partial charge in [0.1, 0.15) is 5.60 Å². The quantitative estimate of drug-likeness (QED) is 0.383. The number of benzene rings is 2. The normalized spacial score (nSPS) is 14.0. The first-order valence-electron chi connectivity index (χ1n) is 13.5. The third-order valence-electron chi connectivity index (χ3n) is 6.61. The highest BCUT2D eigenvalue weighted by Crippen LogP contribution is 2.26. The lowest BCUT2D eigenvalue weighted by Crippen LogP contribution is -2.51. The number of ether oxygens (including phenoxy) is 1. The van der Waals surface area contributed by atoms with E-state index in [0.717, 1.165) is 24.2 Å². The van der Waals surface area contributed by atoms with Crippen molar-refractivity contribution in [3.05, 3.63) is 65.9 Å². The molecule has 1 aliphatic heterocycles. The Morgan fingerprint density at radius 2 is 1.66 bits per heavy atom. The highest BCUT2D eigenvalue weighted by molar-refractivity contribution is 6.07. The van der Waals surface area contributed by atoms with Crippen LogP contribution in [0, 0.1) is 0 Å². The largest absolute Gasteiger partial charge is 0.444 e. The molecule has 3 aromatic rings. The van der Waals surface area contributed by atoms with Crippen molar-refractivity contribution in [2.24, 2.45) is 5.73 Å². The molecule has 2 aromatic carbocycles. The fraction of sp³-hybridized carbons (Fsp3) is 0.367. The van der Waals surface area contributed by atoms with Gasteiger partial charge in [0.15, 0.2) is 0 Å². The van der Waals surface area contributed by atoms with E-state index in [-0.39, 0.29) is 18.5 Å². The lowest BCUT2D eigenvalue weighted by atomic mass is 9.99. The van der Waals surface area contributed by atoms with Crippen LogP contribution < -0.4 is 16.4 Å². The van der Waals surface area contributed by atoms with Crippen molar-refractivity contribution in [1.82, 2.24) is 25.4 Å². The zero-order valence-electron chi connectivity index (χ0n) is 23.6. The SMILES string of the molecule is CC(C)(C)OC(=O)N1CCN(CCNC(=O)c2cccc(-c3ccc4c(C(=O)NCC(N)=O)ccnc4c3)c2)CC1. The van der Waals surface area contributed by atoms with Gasteiger partial charge in [-0.2, -0.15) is 0 Å². The predicted octanol–water partition coefficient (Wildman–Crippen LogP) is 2.40. The number of primary amides is 1. The highest BCUT2D eigenvalue weighted by atomic mass is 16.6. The minimum atomic E-state index is -0.624. The van der Waals surface area contributed by atoms with E-state index in [1.54, 1.807) is 23.1 Å². The number of pyridine rings is 1. The molecule has 0 saturated carbocycles. The molecule has 41 heavy (non-hydrogen) atoms. The van der Waals surface area contributed by atoms with Crippen molar-refractivity contribution in [3.63, 3.8) is 0 Å². The molecular weight excluding hydrogens is 524 g/mol. The maximum absolute atomic E-state index is 12.9. The van der Waals surface area contributed by atoms with Gasteiger partial charge in [0, 0.05) is 56.4 Å². The van der Waals surface area contributed by atoms with Gasteiger partial charge in [0.05, 0.1) is 17.6 Å². The highest BCUT2D eigenvalue weighted by Gasteiger charge is 2.25. The molecule has 4 N–H and O–H groups in total. The number of nitrogens with two attached hydrogens (primary N) is 1. The van der Waals surface area contributed by atoms with Crippen LogP contribution in [0.1, 0.15) is 41.5 Å². The van der Waals surface area contributed by atoms with Gasteiger partial charge in [-0.15, -0.1) is 0 Å². The monoisotopic (exact) mass is 560 g/mol. The Labute approximate surface area is 239 Å². The molecule has 0 radical (unpaired) electrons. The van der Waals surface area contributed by atoms with Crippen LogP contribution >= 0.6 is 0 Å². The third-order valence-corrected chi connectivity index (χ3v) is 6.61. The maximum atomic E-state index is 12.9. The summed E-state index contributed by atoms with van der Waals surface area (Å²) in [6.45, 7) is 9.09. The molecule has 0 spiro atoms. The number of piperazine rings is 1. The summed E-state index contributed by atoms with van der Waals surface area (Å²) in [6.07, 6.45) is 1.24. The number of amides is 4. The molecule has 4 amide bonds. The Hall–Kier alpha value is -4.51. The van der Waals surface area contributed by atoms with Crippen LogP contribution in [0.5, 0.6) is 0 Å². The fourth-order valence-electron chi connectivity index (χ4n) is 4.54. The van der Waals surface area contributed by atoms with E-state index in [0.29, 0.717) is 48.2 Å². The summed E-state index contributed by atoms with van der Waals surface area (Å²) < 4.78 is 5.45. The number of rotatable bonds is 8. The van der Waals surface area contributed by atoms with Crippen LogP contribution in [0.4, 0.5) is 4.79 Å². The second-order valence-electron chi connectivity index (χ2n) is 10.9. The van der Waals surface area contributed by atoms with E-state index in [2.05, 4.69) is 20.5 Å². The van der Waals surface area contributed by atoms with Crippen LogP contribution in [-0.2, 0) is 9.53 Å². The van der Waals surface area contributed by atoms with Gasteiger partial charge in [-0.25, -0.2) is 4.79 Å². The van der Waals surface area contributed by atoms with Crippen LogP contribution in [-0.4, -0.2) is 90.0 Å². The molecule has 1 fully saturated rings. The number of fused-ring (bicyclic) bond motifs is 1. The summed E-state index contributed by atoms with van der Waals surface area (Å²) in [5.41, 5.74) is 7.82. The molecule has 0 atom stereocenters. The van der Waals surface area contributed by atoms with Gasteiger partial charge in [-0.3, -0.25) is 24.3 Å². The Bertz CT molecular complexity index is 1440. The Kier molecular flexibility index (Phi) is 9.18. The average Bonchev–Trinajstić information content (AvgIpc) is 2.94. The van der Waals surface area contributed by atoms with Crippen LogP contribution in [0.2, 0.25) is 0 Å². The van der Waals surface area contributed by atoms with Gasteiger partial charge in [-0.05, 0) is 56.2 Å². The predicted molar refractivity (Wildman–Crippen MR) is 155 cm³/mol. The summed E-state index contributed by atoms with van der Waals surface area (Å²) in [6, 6.07) is 14.4. The minimum Gasteiger partial charge on any atom is -0.444 e. The number of carbonyl (C=O) groups excluding carboxylic acids is 4. The molecule has 1 aromatic heterocycles. The minimum absolute atomic E-state index is 0.174. The van der Waals surface area contributed by atoms with Gasteiger partial charge in [0.2, 0.25) is 5.91 Å². The molecule has 1 aliphatic rings. The Morgan fingerprint density at radius 1 is 0.927 bits per heavy atom. The standard InChI is InChI=1S/C30H36N6O5/c1-30(2,3)41-29(40)36-15-13-35(14-16-36)12-11-33-27(38)22-6-4-5-20(17-22)21-7-8-23-24(9-10-32-25(23)18-21)28(39)34-19-26(31)37/h4-10,17-18H,11-16,19H2,1-3H3,(H2,31,37)(H,33,38)(H,34,39). The first-order chi connectivity index (χ1) is 19.5. The van der Waals surface area contributed by atoms with E-state index in [1.165, 1.54) is 6.20 Å². The molecular formula is C30H36N6O5. The average molecular weight is 561 g/mol. The second kappa shape index (κ2) is 12.8. The zero-order valence-corrected chi connectivity index (χ0v) is 23.6. The maximum Gasteiger partial charge on any atom is 0.410 e. The third kappa shape index (κ3) is 8.01. The fourth-order valence-corrected chi connectivity index (χ4v) is 4.54. The van der Waals surface area contributed by atoms with Gasteiger partial charge < -0.3 is 26.0 Å². The zero-order chi connectivity index (χ0) is 29.6. The number of nitrogens with zero attached hydrogens (tertiary/aromatic N) is 3. The molecule has 11 heteroatoms. The van der Waals surface area contributed by atoms with Crippen LogP contribution in [0.3, 0.4) is 0 Å². The summed E-state index contributed by atoms with van der Waals surface area (Å²) in [4.78, 5) is 57.0. The second-order valence-corrected chi connectivity index (χ2v) is 10.9. The van der Waals surface area contributed by atoms with Crippen molar-refractivity contribution in [2.45, 2.75) is 26.4 Å². The summed E-state index contributed by atoms with van der Waals surface area (Å²) in [5.74, 6) is -1.21. The van der Waals surface area contributed by atoms with E-state index >= 15 is 0 Å². The molecule has 4 rings (SSSR count). The first kappa shape index (κ1) is 29.5. The molecule has 0 aliphatic carbocycles. The molecule has 2 heterocycles.